The van der Waals surface area contributed by atoms with Crippen molar-refractivity contribution in [3.05, 3.63) is 53.7 Å². The highest BCUT2D eigenvalue weighted by molar-refractivity contribution is 6.24. The second kappa shape index (κ2) is 11.3. The molecule has 0 bridgehead atoms. The van der Waals surface area contributed by atoms with Crippen LogP contribution in [0.3, 0.4) is 0 Å². The number of rotatable bonds is 11. The molecule has 7 nitrogen and oxygen atoms in total. The number of ether oxygens (including phenoxy) is 3. The van der Waals surface area contributed by atoms with Gasteiger partial charge in [0.15, 0.2) is 5.58 Å². The van der Waals surface area contributed by atoms with Gasteiger partial charge in [-0.2, -0.15) is 0 Å². The largest absolute Gasteiger partial charge is 0.497 e. The van der Waals surface area contributed by atoms with Crippen molar-refractivity contribution in [2.75, 3.05) is 40.5 Å². The number of nitrogens with zero attached hydrogens (tertiary/aromatic N) is 2. The molecule has 0 amide bonds. The molecular weight excluding hydrogens is 408 g/mol. The molecule has 170 valence electrons. The highest BCUT2D eigenvalue weighted by Gasteiger charge is 2.22. The summed E-state index contributed by atoms with van der Waals surface area (Å²) in [6, 6.07) is 12.8. The van der Waals surface area contributed by atoms with Crippen LogP contribution in [-0.2, 0) is 9.53 Å². The summed E-state index contributed by atoms with van der Waals surface area (Å²) in [4.78, 5) is 15.5. The van der Waals surface area contributed by atoms with Crippen LogP contribution in [0.1, 0.15) is 31.5 Å². The lowest BCUT2D eigenvalue weighted by molar-refractivity contribution is -0.136. The maximum Gasteiger partial charge on any atom is 0.340 e. The molecule has 0 saturated heterocycles. The first kappa shape index (κ1) is 23.3. The number of carbonyl (C=O) groups is 1. The molecule has 0 unspecified atom stereocenters. The zero-order valence-corrected chi connectivity index (χ0v) is 19.1. The molecule has 3 rings (SSSR count). The Hall–Kier alpha value is -3.32. The Morgan fingerprint density at radius 1 is 1.09 bits per heavy atom. The van der Waals surface area contributed by atoms with Crippen LogP contribution in [0.2, 0.25) is 0 Å². The van der Waals surface area contributed by atoms with Crippen LogP contribution in [0.4, 0.5) is 0 Å². The predicted octanol–water partition coefficient (Wildman–Crippen LogP) is 4.66. The van der Waals surface area contributed by atoms with E-state index in [1.165, 1.54) is 0 Å². The van der Waals surface area contributed by atoms with Crippen molar-refractivity contribution in [1.82, 2.24) is 10.1 Å². The van der Waals surface area contributed by atoms with Gasteiger partial charge in [0.05, 0.1) is 26.4 Å². The summed E-state index contributed by atoms with van der Waals surface area (Å²) in [5.41, 5.74) is 2.00. The van der Waals surface area contributed by atoms with Crippen molar-refractivity contribution in [3.8, 4) is 11.5 Å². The molecular formula is C25H30N2O5. The monoisotopic (exact) mass is 438 g/mol. The van der Waals surface area contributed by atoms with Gasteiger partial charge in [0, 0.05) is 17.5 Å². The van der Waals surface area contributed by atoms with Gasteiger partial charge in [0.2, 0.25) is 0 Å². The number of fused-ring (bicyclic) bond motifs is 1. The summed E-state index contributed by atoms with van der Waals surface area (Å²) in [5, 5.41) is 4.91. The zero-order chi connectivity index (χ0) is 22.9. The average Bonchev–Trinajstić information content (AvgIpc) is 3.26. The molecule has 0 radical (unpaired) electrons. The van der Waals surface area contributed by atoms with E-state index in [0.29, 0.717) is 40.5 Å². The topological polar surface area (TPSA) is 74.0 Å². The first-order valence-electron chi connectivity index (χ1n) is 10.8. The van der Waals surface area contributed by atoms with E-state index in [0.717, 1.165) is 31.4 Å². The molecule has 0 aliphatic carbocycles. The quantitative estimate of drug-likeness (QED) is 0.245. The third-order valence-electron chi connectivity index (χ3n) is 5.34. The van der Waals surface area contributed by atoms with Gasteiger partial charge in [0.1, 0.15) is 17.2 Å². The van der Waals surface area contributed by atoms with Crippen LogP contribution < -0.4 is 9.47 Å². The minimum absolute atomic E-state index is 0.296. The molecule has 32 heavy (non-hydrogen) atoms. The molecule has 1 heterocycles. The van der Waals surface area contributed by atoms with Gasteiger partial charge in [-0.1, -0.05) is 31.1 Å². The number of methoxy groups -OCH3 is 2. The van der Waals surface area contributed by atoms with E-state index in [9.17, 15) is 4.79 Å². The number of hydrogen-bond donors (Lipinski definition) is 0. The number of benzene rings is 2. The molecule has 7 heteroatoms. The number of hydrogen-bond acceptors (Lipinski definition) is 7. The molecule has 0 aliphatic heterocycles. The van der Waals surface area contributed by atoms with Crippen LogP contribution in [0, 0.1) is 0 Å². The van der Waals surface area contributed by atoms with Gasteiger partial charge in [-0.05, 0) is 55.9 Å². The Bertz CT molecular complexity index is 1070. The van der Waals surface area contributed by atoms with E-state index in [1.54, 1.807) is 38.5 Å². The molecule has 0 fully saturated rings. The van der Waals surface area contributed by atoms with Crippen molar-refractivity contribution in [2.24, 2.45) is 0 Å². The van der Waals surface area contributed by atoms with Crippen molar-refractivity contribution in [1.29, 1.82) is 0 Å². The Kier molecular flexibility index (Phi) is 8.27. The van der Waals surface area contributed by atoms with Crippen LogP contribution in [0.25, 0.3) is 22.6 Å². The predicted molar refractivity (Wildman–Crippen MR) is 125 cm³/mol. The molecule has 0 N–H and O–H groups in total. The van der Waals surface area contributed by atoms with E-state index in [2.05, 4.69) is 23.9 Å². The highest BCUT2D eigenvalue weighted by Crippen LogP contribution is 2.31. The summed E-state index contributed by atoms with van der Waals surface area (Å²) in [6.07, 6.45) is 2.46. The SMILES string of the molecule is CCN(CC)CCCOC(=O)C(=Cc1cc(OC)ccc1OC)c1noc2ccccc12. The maximum absolute atomic E-state index is 13.2. The smallest absolute Gasteiger partial charge is 0.340 e. The molecule has 0 atom stereocenters. The first-order valence-corrected chi connectivity index (χ1v) is 10.8. The van der Waals surface area contributed by atoms with Crippen LogP contribution in [0.5, 0.6) is 11.5 Å². The molecule has 2 aromatic carbocycles. The third kappa shape index (κ3) is 5.48. The number of carbonyl (C=O) groups excluding carboxylic acids is 1. The summed E-state index contributed by atoms with van der Waals surface area (Å²) < 4.78 is 21.9. The summed E-state index contributed by atoms with van der Waals surface area (Å²) >= 11 is 0. The van der Waals surface area contributed by atoms with Gasteiger partial charge in [-0.15, -0.1) is 0 Å². The Morgan fingerprint density at radius 3 is 2.59 bits per heavy atom. The van der Waals surface area contributed by atoms with E-state index in [-0.39, 0.29) is 0 Å². The fourth-order valence-corrected chi connectivity index (χ4v) is 3.48. The summed E-state index contributed by atoms with van der Waals surface area (Å²) in [5.74, 6) is 0.785. The van der Waals surface area contributed by atoms with E-state index < -0.39 is 5.97 Å². The normalized spacial score (nSPS) is 11.7. The van der Waals surface area contributed by atoms with Crippen LogP contribution in [-0.4, -0.2) is 56.5 Å². The van der Waals surface area contributed by atoms with Gasteiger partial charge < -0.3 is 23.6 Å². The molecule has 3 aromatic rings. The van der Waals surface area contributed by atoms with E-state index in [4.69, 9.17) is 18.7 Å². The molecule has 0 spiro atoms. The number of esters is 1. The maximum atomic E-state index is 13.2. The summed E-state index contributed by atoms with van der Waals surface area (Å²) in [6.45, 7) is 7.36. The minimum atomic E-state index is -0.464. The van der Waals surface area contributed by atoms with Gasteiger partial charge in [0.25, 0.3) is 0 Å². The molecule has 1 aromatic heterocycles. The van der Waals surface area contributed by atoms with Gasteiger partial charge >= 0.3 is 5.97 Å². The second-order valence-corrected chi connectivity index (χ2v) is 7.21. The third-order valence-corrected chi connectivity index (χ3v) is 5.34. The minimum Gasteiger partial charge on any atom is -0.497 e. The number of para-hydroxylation sites is 1. The molecule has 0 saturated carbocycles. The van der Waals surface area contributed by atoms with Crippen LogP contribution >= 0.6 is 0 Å². The van der Waals surface area contributed by atoms with Crippen molar-refractivity contribution >= 4 is 28.6 Å². The van der Waals surface area contributed by atoms with E-state index in [1.807, 2.05) is 24.3 Å². The lowest BCUT2D eigenvalue weighted by Crippen LogP contribution is -2.25. The summed E-state index contributed by atoms with van der Waals surface area (Å²) in [7, 11) is 3.17. The fourth-order valence-electron chi connectivity index (χ4n) is 3.48. The lowest BCUT2D eigenvalue weighted by Gasteiger charge is -2.17. The van der Waals surface area contributed by atoms with Gasteiger partial charge in [-0.25, -0.2) is 4.79 Å². The van der Waals surface area contributed by atoms with Crippen molar-refractivity contribution in [3.63, 3.8) is 0 Å². The van der Waals surface area contributed by atoms with E-state index >= 15 is 0 Å². The average molecular weight is 439 g/mol. The Balaban J connectivity index is 1.94. The Morgan fingerprint density at radius 2 is 1.88 bits per heavy atom. The highest BCUT2D eigenvalue weighted by atomic mass is 16.5. The van der Waals surface area contributed by atoms with Crippen molar-refractivity contribution in [2.45, 2.75) is 20.3 Å². The lowest BCUT2D eigenvalue weighted by atomic mass is 10.0. The second-order valence-electron chi connectivity index (χ2n) is 7.21. The number of aromatic nitrogens is 1. The van der Waals surface area contributed by atoms with Crippen LogP contribution in [0.15, 0.2) is 47.0 Å². The zero-order valence-electron chi connectivity index (χ0n) is 19.1. The first-order chi connectivity index (χ1) is 15.6. The van der Waals surface area contributed by atoms with Gasteiger partial charge in [-0.3, -0.25) is 0 Å². The van der Waals surface area contributed by atoms with Crippen molar-refractivity contribution < 1.29 is 23.5 Å². The Labute approximate surface area is 188 Å². The fraction of sp³-hybridized carbons (Fsp3) is 0.360. The molecule has 0 aliphatic rings. The standard InChI is InChI=1S/C25H30N2O5/c1-5-27(6-2)14-9-15-31-25(28)21(24-20-10-7-8-11-23(20)32-26-24)17-18-16-19(29-3)12-13-22(18)30-4/h7-8,10-13,16-17H,5-6,9,14-15H2,1-4H3.